The van der Waals surface area contributed by atoms with Gasteiger partial charge in [0.05, 0.1) is 13.2 Å². The molecule has 0 N–H and O–H groups in total. The minimum absolute atomic E-state index is 0.818. The number of allylic oxidation sites excluding steroid dienone is 1. The summed E-state index contributed by atoms with van der Waals surface area (Å²) in [5, 5.41) is 0. The Morgan fingerprint density at radius 1 is 1.40 bits per heavy atom. The van der Waals surface area contributed by atoms with E-state index < -0.39 is 0 Å². The molecular weight excluding hydrogens is 124 g/mol. The fourth-order valence-corrected chi connectivity index (χ4v) is 0.617. The number of ether oxygens (including phenoxy) is 1. The average molecular weight is 141 g/mol. The Hall–Kier alpha value is -0.300. The van der Waals surface area contributed by atoms with Crippen LogP contribution in [0.4, 0.5) is 0 Å². The Kier molecular flexibility index (Phi) is 6.61. The molecule has 0 heterocycles. The summed E-state index contributed by atoms with van der Waals surface area (Å²) < 4.78 is 5.16. The third-order valence-electron chi connectivity index (χ3n) is 1.07. The van der Waals surface area contributed by atoms with Gasteiger partial charge < -0.3 is 4.74 Å². The van der Waals surface area contributed by atoms with Crippen molar-refractivity contribution in [2.24, 2.45) is 0 Å². The van der Waals surface area contributed by atoms with Gasteiger partial charge in [-0.25, -0.2) is 0 Å². The van der Waals surface area contributed by atoms with Crippen LogP contribution in [0.15, 0.2) is 11.6 Å². The van der Waals surface area contributed by atoms with E-state index in [1.807, 2.05) is 6.61 Å². The van der Waals surface area contributed by atoms with Crippen LogP contribution in [0, 0.1) is 6.61 Å². The second kappa shape index (κ2) is 6.81. The van der Waals surface area contributed by atoms with Crippen molar-refractivity contribution in [1.29, 1.82) is 0 Å². The number of hydrogen-bond acceptors (Lipinski definition) is 1. The van der Waals surface area contributed by atoms with Gasteiger partial charge in [0, 0.05) is 0 Å². The maximum absolute atomic E-state index is 5.16. The van der Waals surface area contributed by atoms with E-state index in [9.17, 15) is 0 Å². The topological polar surface area (TPSA) is 9.23 Å². The fourth-order valence-electron chi connectivity index (χ4n) is 0.617. The van der Waals surface area contributed by atoms with E-state index in [0.29, 0.717) is 0 Å². The zero-order chi connectivity index (χ0) is 7.82. The number of rotatable bonds is 5. The first-order valence-electron chi connectivity index (χ1n) is 3.84. The first-order valence-corrected chi connectivity index (χ1v) is 3.84. The second-order valence-corrected chi connectivity index (χ2v) is 2.52. The molecule has 0 fully saturated rings. The quantitative estimate of drug-likeness (QED) is 0.422. The molecule has 0 spiro atoms. The first-order chi connectivity index (χ1) is 4.77. The number of hydrogen-bond donors (Lipinski definition) is 0. The molecular formula is C9H17O. The highest BCUT2D eigenvalue weighted by Gasteiger charge is 1.83. The normalized spacial score (nSPS) is 9.50. The average Bonchev–Trinajstić information content (AvgIpc) is 1.87. The van der Waals surface area contributed by atoms with Crippen molar-refractivity contribution in [3.05, 3.63) is 18.3 Å². The van der Waals surface area contributed by atoms with Crippen LogP contribution in [0.5, 0.6) is 0 Å². The molecule has 0 unspecified atom stereocenters. The Balaban J connectivity index is 2.98. The summed E-state index contributed by atoms with van der Waals surface area (Å²) in [5.74, 6) is 0. The van der Waals surface area contributed by atoms with Crippen LogP contribution >= 0.6 is 0 Å². The summed E-state index contributed by atoms with van der Waals surface area (Å²) >= 11 is 0. The predicted octanol–water partition coefficient (Wildman–Crippen LogP) is 2.93. The van der Waals surface area contributed by atoms with Crippen molar-refractivity contribution in [2.45, 2.75) is 33.6 Å². The summed E-state index contributed by atoms with van der Waals surface area (Å²) in [6.45, 7) is 8.94. The van der Waals surface area contributed by atoms with Gasteiger partial charge in [-0.2, -0.15) is 0 Å². The van der Waals surface area contributed by atoms with Crippen LogP contribution in [0.3, 0.4) is 0 Å². The molecule has 0 saturated carbocycles. The highest BCUT2D eigenvalue weighted by molar-refractivity contribution is 4.92. The molecule has 59 valence electrons. The maximum Gasteiger partial charge on any atom is 0.0834 e. The molecule has 10 heavy (non-hydrogen) atoms. The van der Waals surface area contributed by atoms with Crippen LogP contribution in [0.25, 0.3) is 0 Å². The van der Waals surface area contributed by atoms with Gasteiger partial charge in [-0.1, -0.05) is 18.6 Å². The molecule has 0 saturated heterocycles. The zero-order valence-electron chi connectivity index (χ0n) is 7.18. The van der Waals surface area contributed by atoms with Crippen LogP contribution in [-0.2, 0) is 4.74 Å². The lowest BCUT2D eigenvalue weighted by atomic mass is 10.3. The second-order valence-electron chi connectivity index (χ2n) is 2.52. The van der Waals surface area contributed by atoms with Gasteiger partial charge in [-0.05, 0) is 26.7 Å². The lowest BCUT2D eigenvalue weighted by Crippen LogP contribution is -1.88. The van der Waals surface area contributed by atoms with Gasteiger partial charge >= 0.3 is 0 Å². The minimum Gasteiger partial charge on any atom is -0.375 e. The monoisotopic (exact) mass is 141 g/mol. The molecule has 0 aromatic rings. The summed E-state index contributed by atoms with van der Waals surface area (Å²) in [7, 11) is 0. The lowest BCUT2D eigenvalue weighted by molar-refractivity contribution is 0.199. The van der Waals surface area contributed by atoms with E-state index >= 15 is 0 Å². The van der Waals surface area contributed by atoms with Crippen molar-refractivity contribution in [3.8, 4) is 0 Å². The van der Waals surface area contributed by atoms with Crippen molar-refractivity contribution in [3.63, 3.8) is 0 Å². The molecule has 0 aliphatic rings. The summed E-state index contributed by atoms with van der Waals surface area (Å²) in [6, 6.07) is 0. The predicted molar refractivity (Wildman–Crippen MR) is 44.6 cm³/mol. The van der Waals surface area contributed by atoms with E-state index in [1.165, 1.54) is 5.57 Å². The largest absolute Gasteiger partial charge is 0.375 e. The van der Waals surface area contributed by atoms with E-state index in [1.54, 1.807) is 0 Å². The van der Waals surface area contributed by atoms with E-state index in [4.69, 9.17) is 4.74 Å². The summed E-state index contributed by atoms with van der Waals surface area (Å²) in [5.41, 5.74) is 1.36. The summed E-state index contributed by atoms with van der Waals surface area (Å²) in [6.07, 6.45) is 4.21. The zero-order valence-corrected chi connectivity index (χ0v) is 7.18. The molecule has 1 radical (unpaired) electrons. The van der Waals surface area contributed by atoms with Crippen molar-refractivity contribution < 1.29 is 4.74 Å². The third-order valence-corrected chi connectivity index (χ3v) is 1.07. The molecule has 0 aliphatic heterocycles. The Morgan fingerprint density at radius 2 is 2.10 bits per heavy atom. The van der Waals surface area contributed by atoms with Gasteiger partial charge in [0.25, 0.3) is 0 Å². The first kappa shape index (κ1) is 9.70. The molecule has 1 nitrogen and oxygen atoms in total. The summed E-state index contributed by atoms with van der Waals surface area (Å²) in [4.78, 5) is 0. The van der Waals surface area contributed by atoms with Crippen LogP contribution in [0.2, 0.25) is 0 Å². The molecule has 0 aromatic carbocycles. The van der Waals surface area contributed by atoms with Gasteiger partial charge in [0.2, 0.25) is 0 Å². The standard InChI is InChI=1S/C9H17O/c1-4-7-10-8-5-6-9(2)3/h6-7H,4-5,8H2,1-3H3. The highest BCUT2D eigenvalue weighted by Crippen LogP contribution is 1.95. The van der Waals surface area contributed by atoms with Gasteiger partial charge in [0.1, 0.15) is 0 Å². The smallest absolute Gasteiger partial charge is 0.0834 e. The van der Waals surface area contributed by atoms with Crippen molar-refractivity contribution in [2.75, 3.05) is 6.61 Å². The SMILES string of the molecule is CC[CH]OCCC=C(C)C. The minimum atomic E-state index is 0.818. The van der Waals surface area contributed by atoms with Gasteiger partial charge in [-0.15, -0.1) is 0 Å². The molecule has 0 aromatic heterocycles. The molecule has 0 atom stereocenters. The van der Waals surface area contributed by atoms with E-state index in [-0.39, 0.29) is 0 Å². The highest BCUT2D eigenvalue weighted by atomic mass is 16.5. The van der Waals surface area contributed by atoms with Crippen molar-refractivity contribution in [1.82, 2.24) is 0 Å². The molecule has 1 heteroatoms. The Morgan fingerprint density at radius 3 is 2.60 bits per heavy atom. The molecule has 0 aliphatic carbocycles. The molecule has 0 bridgehead atoms. The Labute approximate surface area is 64.1 Å². The van der Waals surface area contributed by atoms with Crippen molar-refractivity contribution >= 4 is 0 Å². The third kappa shape index (κ3) is 7.70. The lowest BCUT2D eigenvalue weighted by Gasteiger charge is -1.97. The van der Waals surface area contributed by atoms with Crippen LogP contribution < -0.4 is 0 Å². The molecule has 0 amide bonds. The maximum atomic E-state index is 5.16. The Bertz CT molecular complexity index is 90.9. The fraction of sp³-hybridized carbons (Fsp3) is 0.667. The van der Waals surface area contributed by atoms with Crippen LogP contribution in [-0.4, -0.2) is 6.61 Å². The van der Waals surface area contributed by atoms with E-state index in [0.717, 1.165) is 19.4 Å². The van der Waals surface area contributed by atoms with Gasteiger partial charge in [0.15, 0.2) is 0 Å². The van der Waals surface area contributed by atoms with Crippen LogP contribution in [0.1, 0.15) is 33.6 Å². The molecule has 0 rings (SSSR count). The van der Waals surface area contributed by atoms with Gasteiger partial charge in [-0.3, -0.25) is 0 Å². The van der Waals surface area contributed by atoms with E-state index in [2.05, 4.69) is 26.8 Å².